The van der Waals surface area contributed by atoms with Gasteiger partial charge in [0.2, 0.25) is 0 Å². The number of aliphatic hydroxyl groups excluding tert-OH is 1. The quantitative estimate of drug-likeness (QED) is 0.218. The molecule has 2 N–H and O–H groups in total. The topological polar surface area (TPSA) is 61.3 Å². The molecule has 1 saturated heterocycles. The Morgan fingerprint density at radius 1 is 0.976 bits per heavy atom. The van der Waals surface area contributed by atoms with Gasteiger partial charge in [0.1, 0.15) is 5.52 Å². The number of pyridine rings is 2. The van der Waals surface area contributed by atoms with E-state index in [4.69, 9.17) is 4.98 Å². The van der Waals surface area contributed by atoms with E-state index in [0.29, 0.717) is 0 Å². The Hall–Kier alpha value is -3.37. The van der Waals surface area contributed by atoms with Gasteiger partial charge in [0.05, 0.1) is 6.10 Å². The SMILES string of the molecule is CCS(C#Cc1cccc(-c2cccc(Nc3nccc4cc(CN5CCC(O)C5)cnc34)c2C)c1C)(CC)CC. The smallest absolute Gasteiger partial charge is 0.156 e. The van der Waals surface area contributed by atoms with Gasteiger partial charge in [-0.15, -0.1) is 0 Å². The van der Waals surface area contributed by atoms with Crippen LogP contribution in [0.4, 0.5) is 11.5 Å². The number of anilines is 2. The fourth-order valence-electron chi connectivity index (χ4n) is 5.74. The lowest BCUT2D eigenvalue weighted by molar-refractivity contribution is 0.175. The van der Waals surface area contributed by atoms with Gasteiger partial charge in [0.15, 0.2) is 5.82 Å². The Labute approximate surface area is 246 Å². The number of hydrogen-bond donors (Lipinski definition) is 2. The predicted octanol–water partition coefficient (Wildman–Crippen LogP) is 7.40. The van der Waals surface area contributed by atoms with E-state index in [2.05, 4.69) is 103 Å². The van der Waals surface area contributed by atoms with Crippen molar-refractivity contribution in [3.63, 3.8) is 0 Å². The van der Waals surface area contributed by atoms with E-state index >= 15 is 0 Å². The van der Waals surface area contributed by atoms with Crippen molar-refractivity contribution in [1.29, 1.82) is 0 Å². The predicted molar refractivity (Wildman–Crippen MR) is 176 cm³/mol. The summed E-state index contributed by atoms with van der Waals surface area (Å²) >= 11 is 0. The summed E-state index contributed by atoms with van der Waals surface area (Å²) in [5.74, 6) is 7.78. The average Bonchev–Trinajstić information content (AvgIpc) is 3.40. The summed E-state index contributed by atoms with van der Waals surface area (Å²) in [6.07, 6.45) is 4.40. The van der Waals surface area contributed by atoms with Crippen LogP contribution in [-0.2, 0) is 6.54 Å². The fraction of sp³-hybridized carbons (Fsp3) is 0.371. The van der Waals surface area contributed by atoms with Gasteiger partial charge in [-0.2, -0.15) is 10.0 Å². The van der Waals surface area contributed by atoms with Gasteiger partial charge in [0.25, 0.3) is 0 Å². The first-order chi connectivity index (χ1) is 19.9. The maximum absolute atomic E-state index is 9.87. The lowest BCUT2D eigenvalue weighted by Gasteiger charge is -2.30. The Bertz CT molecular complexity index is 1590. The standard InChI is InChI=1S/C35H42N4OS/c1-6-41(7-2,8-3)20-17-28-11-9-12-31(25(28)4)32-13-10-14-33(26(32)5)38-35-34-29(15-18-36-35)21-27(22-37-34)23-39-19-16-30(40)24-39/h9-15,18,21-22,30,40H,6-8,16,19,23-24H2,1-5H3,(H,36,38). The van der Waals surface area contributed by atoms with E-state index in [1.165, 1.54) is 22.3 Å². The molecule has 1 atom stereocenters. The van der Waals surface area contributed by atoms with E-state index in [-0.39, 0.29) is 6.10 Å². The molecule has 1 aliphatic heterocycles. The van der Waals surface area contributed by atoms with Gasteiger partial charge in [0, 0.05) is 48.7 Å². The normalized spacial score (nSPS) is 16.0. The zero-order valence-corrected chi connectivity index (χ0v) is 25.8. The third-order valence-electron chi connectivity index (χ3n) is 8.58. The van der Waals surface area contributed by atoms with Crippen LogP contribution in [0.15, 0.2) is 60.9 Å². The molecular weight excluding hydrogens is 524 g/mol. The Morgan fingerprint density at radius 2 is 1.71 bits per heavy atom. The highest BCUT2D eigenvalue weighted by Gasteiger charge is 2.20. The van der Waals surface area contributed by atoms with Crippen molar-refractivity contribution in [2.24, 2.45) is 0 Å². The molecule has 0 amide bonds. The number of β-amino-alcohol motifs (C(OH)–C–C–N with tert-alkyl or cyclic N) is 1. The zero-order chi connectivity index (χ0) is 29.0. The van der Waals surface area contributed by atoms with Gasteiger partial charge in [-0.3, -0.25) is 9.88 Å². The minimum Gasteiger partial charge on any atom is -0.392 e. The molecule has 6 heteroatoms. The first-order valence-electron chi connectivity index (χ1n) is 14.8. The largest absolute Gasteiger partial charge is 0.392 e. The molecule has 1 unspecified atom stereocenters. The van der Waals surface area contributed by atoms with Crippen LogP contribution in [0, 0.1) is 25.0 Å². The van der Waals surface area contributed by atoms with Crippen LogP contribution in [0.25, 0.3) is 22.0 Å². The van der Waals surface area contributed by atoms with Gasteiger partial charge in [-0.05, 0) is 94.9 Å². The van der Waals surface area contributed by atoms with Crippen LogP contribution in [-0.4, -0.2) is 56.4 Å². The summed E-state index contributed by atoms with van der Waals surface area (Å²) < 4.78 is 0. The molecule has 1 fully saturated rings. The highest BCUT2D eigenvalue weighted by molar-refractivity contribution is 8.37. The van der Waals surface area contributed by atoms with E-state index in [1.807, 2.05) is 18.5 Å². The molecule has 0 bridgehead atoms. The molecular formula is C35H42N4OS. The van der Waals surface area contributed by atoms with Crippen molar-refractivity contribution in [3.05, 3.63) is 83.2 Å². The second-order valence-corrected chi connectivity index (χ2v) is 15.0. The summed E-state index contributed by atoms with van der Waals surface area (Å²) in [6, 6.07) is 17.1. The van der Waals surface area contributed by atoms with Crippen LogP contribution in [0.5, 0.6) is 0 Å². The first kappa shape index (κ1) is 29.1. The molecule has 41 heavy (non-hydrogen) atoms. The van der Waals surface area contributed by atoms with Crippen molar-refractivity contribution in [3.8, 4) is 22.3 Å². The van der Waals surface area contributed by atoms with Crippen molar-refractivity contribution in [2.75, 3.05) is 35.7 Å². The lowest BCUT2D eigenvalue weighted by atomic mass is 9.93. The third-order valence-corrected chi connectivity index (χ3v) is 12.4. The monoisotopic (exact) mass is 566 g/mol. The van der Waals surface area contributed by atoms with Crippen LogP contribution in [0.3, 0.4) is 0 Å². The van der Waals surface area contributed by atoms with E-state index < -0.39 is 10.0 Å². The minimum absolute atomic E-state index is 0.217. The third kappa shape index (κ3) is 6.28. The van der Waals surface area contributed by atoms with Crippen LogP contribution >= 0.6 is 10.0 Å². The van der Waals surface area contributed by atoms with E-state index in [0.717, 1.165) is 76.8 Å². The number of aliphatic hydroxyl groups is 1. The first-order valence-corrected chi connectivity index (χ1v) is 16.9. The van der Waals surface area contributed by atoms with Crippen molar-refractivity contribution < 1.29 is 5.11 Å². The number of hydrogen-bond acceptors (Lipinski definition) is 5. The van der Waals surface area contributed by atoms with Gasteiger partial charge < -0.3 is 10.4 Å². The maximum atomic E-state index is 9.87. The van der Waals surface area contributed by atoms with Crippen LogP contribution in [0.1, 0.15) is 49.4 Å². The molecule has 3 heterocycles. The molecule has 4 aromatic rings. The fourth-order valence-corrected chi connectivity index (χ4v) is 7.73. The molecule has 5 rings (SSSR count). The molecule has 0 spiro atoms. The summed E-state index contributed by atoms with van der Waals surface area (Å²) in [7, 11) is -0.878. The molecule has 2 aromatic heterocycles. The summed E-state index contributed by atoms with van der Waals surface area (Å²) in [6.45, 7) is 13.6. The van der Waals surface area contributed by atoms with Gasteiger partial charge >= 0.3 is 0 Å². The second kappa shape index (κ2) is 12.7. The number of fused-ring (bicyclic) bond motifs is 1. The van der Waals surface area contributed by atoms with Crippen molar-refractivity contribution in [2.45, 2.75) is 53.7 Å². The van der Waals surface area contributed by atoms with Crippen molar-refractivity contribution >= 4 is 32.4 Å². The van der Waals surface area contributed by atoms with Crippen molar-refractivity contribution in [1.82, 2.24) is 14.9 Å². The maximum Gasteiger partial charge on any atom is 0.156 e. The minimum atomic E-state index is -0.878. The molecule has 0 saturated carbocycles. The van der Waals surface area contributed by atoms with Gasteiger partial charge in [-0.1, -0.05) is 51.0 Å². The number of nitrogens with zero attached hydrogens (tertiary/aromatic N) is 3. The number of nitrogens with one attached hydrogen (secondary N) is 1. The summed E-state index contributed by atoms with van der Waals surface area (Å²) in [4.78, 5) is 11.7. The van der Waals surface area contributed by atoms with Gasteiger partial charge in [-0.25, -0.2) is 4.98 Å². The van der Waals surface area contributed by atoms with Crippen LogP contribution < -0.4 is 5.32 Å². The Kier molecular flexibility index (Phi) is 8.99. The highest BCUT2D eigenvalue weighted by Crippen LogP contribution is 2.45. The molecule has 0 aliphatic carbocycles. The number of aromatic nitrogens is 2. The molecule has 214 valence electrons. The van der Waals surface area contributed by atoms with E-state index in [9.17, 15) is 5.11 Å². The number of likely N-dealkylation sites (tertiary alicyclic amines) is 1. The molecule has 5 nitrogen and oxygen atoms in total. The summed E-state index contributed by atoms with van der Waals surface area (Å²) in [5, 5.41) is 18.2. The average molecular weight is 567 g/mol. The summed E-state index contributed by atoms with van der Waals surface area (Å²) in [5.41, 5.74) is 8.93. The Morgan fingerprint density at radius 3 is 2.41 bits per heavy atom. The van der Waals surface area contributed by atoms with Crippen LogP contribution in [0.2, 0.25) is 0 Å². The molecule has 1 aliphatic rings. The molecule has 0 radical (unpaired) electrons. The number of benzene rings is 2. The Balaban J connectivity index is 1.43. The molecule has 2 aromatic carbocycles. The second-order valence-electron chi connectivity index (χ2n) is 11.0. The van der Waals surface area contributed by atoms with E-state index in [1.54, 1.807) is 0 Å². The number of rotatable bonds is 8. The zero-order valence-electron chi connectivity index (χ0n) is 25.0. The lowest BCUT2D eigenvalue weighted by Crippen LogP contribution is -2.21. The highest BCUT2D eigenvalue weighted by atomic mass is 32.3.